The van der Waals surface area contributed by atoms with E-state index in [4.69, 9.17) is 0 Å². The molecule has 0 saturated heterocycles. The third kappa shape index (κ3) is 5.30. The SMILES string of the molecule is CCCN(C)CCC(C)C(C)=O. The van der Waals surface area contributed by atoms with Crippen molar-refractivity contribution in [2.24, 2.45) is 5.92 Å². The predicted octanol–water partition coefficient (Wildman–Crippen LogP) is 1.94. The lowest BCUT2D eigenvalue weighted by Gasteiger charge is -2.16. The van der Waals surface area contributed by atoms with Gasteiger partial charge in [0.25, 0.3) is 0 Å². The first-order valence-electron chi connectivity index (χ1n) is 4.77. The maximum absolute atomic E-state index is 10.9. The number of ketones is 1. The van der Waals surface area contributed by atoms with Gasteiger partial charge in [-0.2, -0.15) is 0 Å². The highest BCUT2D eigenvalue weighted by Gasteiger charge is 2.07. The van der Waals surface area contributed by atoms with Crippen LogP contribution in [0.3, 0.4) is 0 Å². The van der Waals surface area contributed by atoms with Crippen LogP contribution in [0.2, 0.25) is 0 Å². The molecule has 0 aliphatic rings. The van der Waals surface area contributed by atoms with Crippen molar-refractivity contribution in [1.82, 2.24) is 4.90 Å². The Hall–Kier alpha value is -0.370. The molecule has 0 bridgehead atoms. The minimum atomic E-state index is 0.226. The summed E-state index contributed by atoms with van der Waals surface area (Å²) in [6, 6.07) is 0. The zero-order chi connectivity index (χ0) is 9.56. The molecule has 0 fully saturated rings. The second-order valence-corrected chi connectivity index (χ2v) is 3.60. The molecule has 0 heterocycles. The summed E-state index contributed by atoms with van der Waals surface area (Å²) in [4.78, 5) is 13.2. The molecule has 1 atom stereocenters. The molecular formula is C10H21NO. The van der Waals surface area contributed by atoms with E-state index in [2.05, 4.69) is 18.9 Å². The largest absolute Gasteiger partial charge is 0.306 e. The normalized spacial score (nSPS) is 13.4. The fourth-order valence-electron chi connectivity index (χ4n) is 1.11. The van der Waals surface area contributed by atoms with Crippen molar-refractivity contribution in [2.75, 3.05) is 20.1 Å². The number of carbonyl (C=O) groups is 1. The van der Waals surface area contributed by atoms with Crippen molar-refractivity contribution in [2.45, 2.75) is 33.6 Å². The maximum Gasteiger partial charge on any atom is 0.132 e. The van der Waals surface area contributed by atoms with Gasteiger partial charge in [0.05, 0.1) is 0 Å². The molecule has 0 spiro atoms. The maximum atomic E-state index is 10.9. The van der Waals surface area contributed by atoms with Crippen LogP contribution in [0, 0.1) is 5.92 Å². The smallest absolute Gasteiger partial charge is 0.132 e. The van der Waals surface area contributed by atoms with Gasteiger partial charge in [0.15, 0.2) is 0 Å². The van der Waals surface area contributed by atoms with Crippen LogP contribution < -0.4 is 0 Å². The van der Waals surface area contributed by atoms with E-state index in [1.807, 2.05) is 6.92 Å². The Morgan fingerprint density at radius 2 is 2.00 bits per heavy atom. The molecule has 0 aliphatic carbocycles. The number of hydrogen-bond donors (Lipinski definition) is 0. The molecule has 12 heavy (non-hydrogen) atoms. The van der Waals surface area contributed by atoms with Gasteiger partial charge in [0.2, 0.25) is 0 Å². The van der Waals surface area contributed by atoms with Crippen LogP contribution in [0.15, 0.2) is 0 Å². The highest BCUT2D eigenvalue weighted by Crippen LogP contribution is 2.03. The Labute approximate surface area is 75.9 Å². The van der Waals surface area contributed by atoms with E-state index < -0.39 is 0 Å². The van der Waals surface area contributed by atoms with Crippen LogP contribution in [-0.4, -0.2) is 30.8 Å². The van der Waals surface area contributed by atoms with Crippen molar-refractivity contribution >= 4 is 5.78 Å². The molecular weight excluding hydrogens is 150 g/mol. The van der Waals surface area contributed by atoms with E-state index in [9.17, 15) is 4.79 Å². The molecule has 0 aromatic rings. The molecule has 0 aliphatic heterocycles. The number of nitrogens with zero attached hydrogens (tertiary/aromatic N) is 1. The van der Waals surface area contributed by atoms with E-state index in [0.29, 0.717) is 5.78 Å². The monoisotopic (exact) mass is 171 g/mol. The zero-order valence-electron chi connectivity index (χ0n) is 8.76. The first-order valence-corrected chi connectivity index (χ1v) is 4.77. The summed E-state index contributed by atoms with van der Waals surface area (Å²) in [5, 5.41) is 0. The van der Waals surface area contributed by atoms with E-state index in [1.54, 1.807) is 6.92 Å². The number of hydrogen-bond acceptors (Lipinski definition) is 2. The van der Waals surface area contributed by atoms with Crippen molar-refractivity contribution < 1.29 is 4.79 Å². The molecule has 0 aromatic carbocycles. The van der Waals surface area contributed by atoms with E-state index >= 15 is 0 Å². The first kappa shape index (κ1) is 11.6. The Morgan fingerprint density at radius 1 is 1.42 bits per heavy atom. The lowest BCUT2D eigenvalue weighted by molar-refractivity contribution is -0.120. The predicted molar refractivity (Wildman–Crippen MR) is 52.3 cm³/mol. The highest BCUT2D eigenvalue weighted by atomic mass is 16.1. The van der Waals surface area contributed by atoms with Crippen molar-refractivity contribution in [3.63, 3.8) is 0 Å². The number of Topliss-reactive ketones (excluding diaryl/α,β-unsaturated/α-hetero) is 1. The average molecular weight is 171 g/mol. The molecule has 2 nitrogen and oxygen atoms in total. The van der Waals surface area contributed by atoms with Gasteiger partial charge in [-0.15, -0.1) is 0 Å². The van der Waals surface area contributed by atoms with Gasteiger partial charge in [-0.25, -0.2) is 0 Å². The van der Waals surface area contributed by atoms with Crippen molar-refractivity contribution in [3.8, 4) is 0 Å². The minimum absolute atomic E-state index is 0.226. The van der Waals surface area contributed by atoms with Crippen LogP contribution in [0.1, 0.15) is 33.6 Å². The van der Waals surface area contributed by atoms with Gasteiger partial charge in [0, 0.05) is 5.92 Å². The lowest BCUT2D eigenvalue weighted by Crippen LogP contribution is -2.23. The van der Waals surface area contributed by atoms with Crippen LogP contribution in [0.5, 0.6) is 0 Å². The lowest BCUT2D eigenvalue weighted by atomic mass is 10.0. The van der Waals surface area contributed by atoms with Gasteiger partial charge in [-0.3, -0.25) is 4.79 Å². The van der Waals surface area contributed by atoms with Crippen LogP contribution in [0.25, 0.3) is 0 Å². The topological polar surface area (TPSA) is 20.3 Å². The summed E-state index contributed by atoms with van der Waals surface area (Å²) < 4.78 is 0. The Morgan fingerprint density at radius 3 is 2.42 bits per heavy atom. The Kier molecular flexibility index (Phi) is 5.99. The number of carbonyl (C=O) groups excluding carboxylic acids is 1. The van der Waals surface area contributed by atoms with E-state index in [0.717, 1.165) is 19.5 Å². The molecule has 0 rings (SSSR count). The quantitative estimate of drug-likeness (QED) is 0.608. The molecule has 0 radical (unpaired) electrons. The van der Waals surface area contributed by atoms with Crippen LogP contribution >= 0.6 is 0 Å². The molecule has 0 aromatic heterocycles. The summed E-state index contributed by atoms with van der Waals surface area (Å²) in [5.41, 5.74) is 0. The van der Waals surface area contributed by atoms with Crippen molar-refractivity contribution in [1.29, 1.82) is 0 Å². The summed E-state index contributed by atoms with van der Waals surface area (Å²) in [7, 11) is 2.11. The molecule has 1 unspecified atom stereocenters. The summed E-state index contributed by atoms with van der Waals surface area (Å²) in [5.74, 6) is 0.532. The van der Waals surface area contributed by atoms with E-state index in [-0.39, 0.29) is 5.92 Å². The minimum Gasteiger partial charge on any atom is -0.306 e. The first-order chi connectivity index (χ1) is 5.57. The molecule has 2 heteroatoms. The second-order valence-electron chi connectivity index (χ2n) is 3.60. The fourth-order valence-corrected chi connectivity index (χ4v) is 1.11. The summed E-state index contributed by atoms with van der Waals surface area (Å²) in [6.07, 6.45) is 2.18. The second kappa shape index (κ2) is 6.18. The van der Waals surface area contributed by atoms with Crippen molar-refractivity contribution in [3.05, 3.63) is 0 Å². The third-order valence-electron chi connectivity index (χ3n) is 2.24. The third-order valence-corrected chi connectivity index (χ3v) is 2.24. The molecule has 72 valence electrons. The standard InChI is InChI=1S/C10H21NO/c1-5-7-11(4)8-6-9(2)10(3)12/h9H,5-8H2,1-4H3. The Balaban J connectivity index is 3.46. The molecule has 0 saturated carbocycles. The summed E-state index contributed by atoms with van der Waals surface area (Å²) in [6.45, 7) is 8.01. The molecule has 0 amide bonds. The van der Waals surface area contributed by atoms with Gasteiger partial charge < -0.3 is 4.90 Å². The Bertz CT molecular complexity index is 134. The van der Waals surface area contributed by atoms with Gasteiger partial charge in [-0.1, -0.05) is 13.8 Å². The van der Waals surface area contributed by atoms with Gasteiger partial charge in [0.1, 0.15) is 5.78 Å². The highest BCUT2D eigenvalue weighted by molar-refractivity contribution is 5.77. The summed E-state index contributed by atoms with van der Waals surface area (Å²) >= 11 is 0. The fraction of sp³-hybridized carbons (Fsp3) is 0.900. The van der Waals surface area contributed by atoms with Gasteiger partial charge >= 0.3 is 0 Å². The van der Waals surface area contributed by atoms with E-state index in [1.165, 1.54) is 6.42 Å². The average Bonchev–Trinajstić information content (AvgIpc) is 2.00. The van der Waals surface area contributed by atoms with Crippen LogP contribution in [-0.2, 0) is 4.79 Å². The number of rotatable bonds is 6. The zero-order valence-corrected chi connectivity index (χ0v) is 8.76. The van der Waals surface area contributed by atoms with Crippen LogP contribution in [0.4, 0.5) is 0 Å². The van der Waals surface area contributed by atoms with Gasteiger partial charge in [-0.05, 0) is 39.9 Å². The molecule has 0 N–H and O–H groups in total.